The van der Waals surface area contributed by atoms with E-state index in [1.54, 1.807) is 19.0 Å². The van der Waals surface area contributed by atoms with Crippen LogP contribution in [0, 0.1) is 0 Å². The van der Waals surface area contributed by atoms with Gasteiger partial charge in [0.05, 0.1) is 0 Å². The first-order chi connectivity index (χ1) is 12.0. The molecule has 1 aliphatic heterocycles. The van der Waals surface area contributed by atoms with Crippen molar-refractivity contribution in [3.63, 3.8) is 0 Å². The van der Waals surface area contributed by atoms with Crippen LogP contribution < -0.4 is 10.6 Å². The van der Waals surface area contributed by atoms with Crippen LogP contribution in [0.5, 0.6) is 0 Å². The first kappa shape index (κ1) is 25.5. The number of aliphatic imine (C=N–C) groups is 1. The third-order valence-corrected chi connectivity index (χ3v) is 3.61. The molecule has 1 unspecified atom stereocenters. The summed E-state index contributed by atoms with van der Waals surface area (Å²) in [6.45, 7) is 13.1. The van der Waals surface area contributed by atoms with E-state index in [9.17, 15) is 9.59 Å². The molecule has 0 bridgehead atoms. The standard InChI is InChI=1S/C18H33N5O3.HI/c1-13(2)10-19-16(20-11-15(24)22(6)7)21-14-8-9-23(12-14)17(25)26-18(3,4)5;/h14H,1,8-12H2,2-7H3,(H2,19,20,21);1H. The van der Waals surface area contributed by atoms with Crippen LogP contribution in [-0.4, -0.2) is 79.7 Å². The number of likely N-dealkylation sites (tertiary alicyclic amines) is 1. The highest BCUT2D eigenvalue weighted by Gasteiger charge is 2.30. The van der Waals surface area contributed by atoms with Crippen LogP contribution >= 0.6 is 24.0 Å². The van der Waals surface area contributed by atoms with Crippen molar-refractivity contribution in [2.45, 2.75) is 45.8 Å². The minimum Gasteiger partial charge on any atom is -0.444 e. The second-order valence-electron chi connectivity index (χ2n) is 7.82. The van der Waals surface area contributed by atoms with Gasteiger partial charge in [-0.25, -0.2) is 9.79 Å². The Kier molecular flexibility index (Phi) is 10.7. The van der Waals surface area contributed by atoms with Crippen LogP contribution in [0.4, 0.5) is 4.79 Å². The first-order valence-corrected chi connectivity index (χ1v) is 8.85. The molecule has 1 fully saturated rings. The molecule has 2 N–H and O–H groups in total. The third-order valence-electron chi connectivity index (χ3n) is 3.61. The Hall–Kier alpha value is -1.52. The molecule has 0 radical (unpaired) electrons. The van der Waals surface area contributed by atoms with Gasteiger partial charge < -0.3 is 25.2 Å². The van der Waals surface area contributed by atoms with Crippen molar-refractivity contribution in [3.8, 4) is 0 Å². The predicted octanol–water partition coefficient (Wildman–Crippen LogP) is 1.81. The van der Waals surface area contributed by atoms with E-state index in [0.29, 0.717) is 25.6 Å². The Morgan fingerprint density at radius 2 is 1.96 bits per heavy atom. The summed E-state index contributed by atoms with van der Waals surface area (Å²) in [7, 11) is 3.39. The van der Waals surface area contributed by atoms with Crippen molar-refractivity contribution < 1.29 is 14.3 Å². The van der Waals surface area contributed by atoms with Crippen molar-refractivity contribution in [1.29, 1.82) is 0 Å². The number of carbonyl (C=O) groups is 2. The van der Waals surface area contributed by atoms with Gasteiger partial charge in [0.1, 0.15) is 12.1 Å². The average molecular weight is 495 g/mol. The fraction of sp³-hybridized carbons (Fsp3) is 0.722. The van der Waals surface area contributed by atoms with Gasteiger partial charge >= 0.3 is 6.09 Å². The summed E-state index contributed by atoms with van der Waals surface area (Å²) in [5.41, 5.74) is 0.449. The van der Waals surface area contributed by atoms with E-state index in [4.69, 9.17) is 4.74 Å². The van der Waals surface area contributed by atoms with Gasteiger partial charge in [0, 0.05) is 39.8 Å². The highest BCUT2D eigenvalue weighted by atomic mass is 127. The van der Waals surface area contributed by atoms with Gasteiger partial charge in [-0.15, -0.1) is 24.0 Å². The fourth-order valence-electron chi connectivity index (χ4n) is 2.24. The molecule has 1 aliphatic rings. The van der Waals surface area contributed by atoms with Crippen molar-refractivity contribution in [2.24, 2.45) is 4.99 Å². The molecule has 27 heavy (non-hydrogen) atoms. The minimum atomic E-state index is -0.509. The number of amides is 2. The molecule has 1 heterocycles. The van der Waals surface area contributed by atoms with E-state index in [0.717, 1.165) is 12.0 Å². The topological polar surface area (TPSA) is 86.3 Å². The molecule has 0 saturated carbocycles. The third kappa shape index (κ3) is 10.4. The van der Waals surface area contributed by atoms with E-state index < -0.39 is 5.60 Å². The molecule has 1 atom stereocenters. The highest BCUT2D eigenvalue weighted by molar-refractivity contribution is 14.0. The molecule has 8 nitrogen and oxygen atoms in total. The van der Waals surface area contributed by atoms with Crippen LogP contribution in [0.15, 0.2) is 17.1 Å². The van der Waals surface area contributed by atoms with Gasteiger partial charge in [0.15, 0.2) is 5.96 Å². The monoisotopic (exact) mass is 495 g/mol. The van der Waals surface area contributed by atoms with Crippen molar-refractivity contribution in [2.75, 3.05) is 40.3 Å². The molecule has 156 valence electrons. The van der Waals surface area contributed by atoms with E-state index in [1.807, 2.05) is 27.7 Å². The molecular formula is C18H34IN5O3. The molecule has 9 heteroatoms. The predicted molar refractivity (Wildman–Crippen MR) is 119 cm³/mol. The number of ether oxygens (including phenoxy) is 1. The number of rotatable bonds is 5. The zero-order valence-electron chi connectivity index (χ0n) is 17.3. The quantitative estimate of drug-likeness (QED) is 0.263. The molecule has 0 aromatic carbocycles. The molecule has 1 saturated heterocycles. The molecule has 2 amide bonds. The highest BCUT2D eigenvalue weighted by Crippen LogP contribution is 2.15. The Balaban J connectivity index is 0.00000676. The van der Waals surface area contributed by atoms with Crippen LogP contribution in [0.2, 0.25) is 0 Å². The molecular weight excluding hydrogens is 461 g/mol. The number of hydrogen-bond acceptors (Lipinski definition) is 4. The smallest absolute Gasteiger partial charge is 0.410 e. The summed E-state index contributed by atoms with van der Waals surface area (Å²) in [6.07, 6.45) is 0.479. The second kappa shape index (κ2) is 11.4. The van der Waals surface area contributed by atoms with Crippen LogP contribution in [-0.2, 0) is 9.53 Å². The van der Waals surface area contributed by atoms with Crippen molar-refractivity contribution in [1.82, 2.24) is 20.4 Å². The lowest BCUT2D eigenvalue weighted by atomic mass is 10.2. The first-order valence-electron chi connectivity index (χ1n) is 8.85. The van der Waals surface area contributed by atoms with Crippen LogP contribution in [0.1, 0.15) is 34.1 Å². The lowest BCUT2D eigenvalue weighted by molar-refractivity contribution is -0.127. The molecule has 0 aliphatic carbocycles. The summed E-state index contributed by atoms with van der Waals surface area (Å²) in [6, 6.07) is 0.0494. The summed E-state index contributed by atoms with van der Waals surface area (Å²) < 4.78 is 5.41. The number of nitrogens with zero attached hydrogens (tertiary/aromatic N) is 3. The van der Waals surface area contributed by atoms with E-state index in [1.165, 1.54) is 4.90 Å². The fourth-order valence-corrected chi connectivity index (χ4v) is 2.24. The van der Waals surface area contributed by atoms with Gasteiger partial charge in [-0.2, -0.15) is 0 Å². The summed E-state index contributed by atoms with van der Waals surface area (Å²) in [5, 5.41) is 6.45. The lowest BCUT2D eigenvalue weighted by Gasteiger charge is -2.24. The van der Waals surface area contributed by atoms with Crippen molar-refractivity contribution >= 4 is 41.9 Å². The summed E-state index contributed by atoms with van der Waals surface area (Å²) >= 11 is 0. The maximum absolute atomic E-state index is 12.2. The van der Waals surface area contributed by atoms with Gasteiger partial charge in [0.25, 0.3) is 0 Å². The number of hydrogen-bond donors (Lipinski definition) is 2. The van der Waals surface area contributed by atoms with Crippen LogP contribution in [0.3, 0.4) is 0 Å². The number of nitrogens with one attached hydrogen (secondary N) is 2. The van der Waals surface area contributed by atoms with Gasteiger partial charge in [-0.1, -0.05) is 12.2 Å². The minimum absolute atomic E-state index is 0. The Morgan fingerprint density at radius 3 is 2.48 bits per heavy atom. The number of guanidine groups is 1. The zero-order valence-corrected chi connectivity index (χ0v) is 19.6. The van der Waals surface area contributed by atoms with Crippen LogP contribution in [0.25, 0.3) is 0 Å². The zero-order chi connectivity index (χ0) is 19.9. The molecule has 0 aromatic rings. The normalized spacial score (nSPS) is 17.0. The van der Waals surface area contributed by atoms with E-state index in [2.05, 4.69) is 22.2 Å². The summed E-state index contributed by atoms with van der Waals surface area (Å²) in [4.78, 5) is 31.5. The number of carbonyl (C=O) groups excluding carboxylic acids is 2. The SMILES string of the molecule is C=C(C)CNC(=NCC(=O)N(C)C)NC1CCN(C(=O)OC(C)(C)C)C1.I. The second-order valence-corrected chi connectivity index (χ2v) is 7.82. The Bertz CT molecular complexity index is 558. The average Bonchev–Trinajstić information content (AvgIpc) is 2.96. The largest absolute Gasteiger partial charge is 0.444 e. The Labute approximate surface area is 179 Å². The number of likely N-dealkylation sites (N-methyl/N-ethyl adjacent to an activating group) is 1. The molecule has 0 spiro atoms. The van der Waals surface area contributed by atoms with Crippen molar-refractivity contribution in [3.05, 3.63) is 12.2 Å². The number of halogens is 1. The maximum atomic E-state index is 12.2. The summed E-state index contributed by atoms with van der Waals surface area (Å²) in [5.74, 6) is 0.461. The maximum Gasteiger partial charge on any atom is 0.410 e. The van der Waals surface area contributed by atoms with Gasteiger partial charge in [0.2, 0.25) is 5.91 Å². The van der Waals surface area contributed by atoms with E-state index in [-0.39, 0.29) is 48.6 Å². The molecule has 1 rings (SSSR count). The van der Waals surface area contributed by atoms with E-state index >= 15 is 0 Å². The lowest BCUT2D eigenvalue weighted by Crippen LogP contribution is -2.46. The van der Waals surface area contributed by atoms with Gasteiger partial charge in [-0.3, -0.25) is 4.79 Å². The van der Waals surface area contributed by atoms with Gasteiger partial charge in [-0.05, 0) is 34.1 Å². The molecule has 0 aromatic heterocycles. The Morgan fingerprint density at radius 1 is 1.33 bits per heavy atom.